The highest BCUT2D eigenvalue weighted by Gasteiger charge is 2.29. The van der Waals surface area contributed by atoms with Crippen LogP contribution in [0.4, 0.5) is 5.69 Å². The molecule has 1 fully saturated rings. The topological polar surface area (TPSA) is 50.4 Å². The second-order valence-corrected chi connectivity index (χ2v) is 5.35. The fourth-order valence-electron chi connectivity index (χ4n) is 1.90. The number of hydrogen-bond acceptors (Lipinski definition) is 3. The van der Waals surface area contributed by atoms with Crippen molar-refractivity contribution in [3.63, 3.8) is 0 Å². The molecular weight excluding hydrogens is 320 g/mol. The Morgan fingerprint density at radius 1 is 1.61 bits per heavy atom. The summed E-state index contributed by atoms with van der Waals surface area (Å²) in [5, 5.41) is 6.55. The molecule has 0 saturated carbocycles. The summed E-state index contributed by atoms with van der Waals surface area (Å²) in [6, 6.07) is 5.14. The molecule has 2 unspecified atom stereocenters. The number of carbonyl (C=O) groups is 1. The molecule has 18 heavy (non-hydrogen) atoms. The summed E-state index contributed by atoms with van der Waals surface area (Å²) >= 11 is 9.32. The average Bonchev–Trinajstić information content (AvgIpc) is 2.83. The van der Waals surface area contributed by atoms with Gasteiger partial charge >= 0.3 is 0 Å². The zero-order chi connectivity index (χ0) is 13.1. The van der Waals surface area contributed by atoms with Crippen LogP contribution in [0.5, 0.6) is 0 Å². The number of hydrogen-bond donors (Lipinski definition) is 2. The van der Waals surface area contributed by atoms with E-state index in [9.17, 15) is 4.79 Å². The smallest absolute Gasteiger partial charge is 0.241 e. The minimum atomic E-state index is -0.221. The van der Waals surface area contributed by atoms with Crippen LogP contribution < -0.4 is 10.6 Å². The van der Waals surface area contributed by atoms with Crippen molar-refractivity contribution in [1.82, 2.24) is 5.32 Å². The highest BCUT2D eigenvalue weighted by atomic mass is 79.9. The molecule has 2 N–H and O–H groups in total. The molecule has 2 rings (SSSR count). The zero-order valence-corrected chi connectivity index (χ0v) is 12.2. The average molecular weight is 334 g/mol. The van der Waals surface area contributed by atoms with Gasteiger partial charge in [-0.3, -0.25) is 4.79 Å². The molecule has 2 atom stereocenters. The molecule has 1 aliphatic rings. The van der Waals surface area contributed by atoms with Gasteiger partial charge in [0.15, 0.2) is 0 Å². The molecule has 1 saturated heterocycles. The molecule has 6 heteroatoms. The first-order chi connectivity index (χ1) is 8.61. The summed E-state index contributed by atoms with van der Waals surface area (Å²) in [7, 11) is 1.65. The number of methoxy groups -OCH3 is 1. The molecule has 1 amide bonds. The van der Waals surface area contributed by atoms with E-state index in [2.05, 4.69) is 26.6 Å². The number of ether oxygens (including phenoxy) is 1. The number of carbonyl (C=O) groups excluding carboxylic acids is 1. The second kappa shape index (κ2) is 6.02. The van der Waals surface area contributed by atoms with Gasteiger partial charge < -0.3 is 15.4 Å². The molecule has 0 aliphatic carbocycles. The van der Waals surface area contributed by atoms with Crippen molar-refractivity contribution in [2.45, 2.75) is 18.6 Å². The van der Waals surface area contributed by atoms with Gasteiger partial charge in [0, 0.05) is 13.7 Å². The lowest BCUT2D eigenvalue weighted by molar-refractivity contribution is -0.118. The third kappa shape index (κ3) is 3.03. The van der Waals surface area contributed by atoms with E-state index in [-0.39, 0.29) is 18.1 Å². The van der Waals surface area contributed by atoms with Crippen molar-refractivity contribution in [1.29, 1.82) is 0 Å². The number of amides is 1. The Morgan fingerprint density at radius 2 is 2.39 bits per heavy atom. The minimum absolute atomic E-state index is 0.0717. The SMILES string of the molecule is COC1CNC(C(=O)Nc2cccc(Cl)c2Br)C1. The van der Waals surface area contributed by atoms with Crippen molar-refractivity contribution in [3.8, 4) is 0 Å². The van der Waals surface area contributed by atoms with Gasteiger partial charge in [-0.25, -0.2) is 0 Å². The largest absolute Gasteiger partial charge is 0.380 e. The standard InChI is InChI=1S/C12H14BrClN2O2/c1-18-7-5-10(15-6-7)12(17)16-9-4-2-3-8(14)11(9)13/h2-4,7,10,15H,5-6H2,1H3,(H,16,17). The normalized spacial score (nSPS) is 23.1. The molecule has 0 bridgehead atoms. The Morgan fingerprint density at radius 3 is 3.06 bits per heavy atom. The Kier molecular flexibility index (Phi) is 4.61. The van der Waals surface area contributed by atoms with Gasteiger partial charge in [-0.05, 0) is 34.5 Å². The number of halogens is 2. The van der Waals surface area contributed by atoms with E-state index in [0.717, 1.165) is 0 Å². The predicted octanol–water partition coefficient (Wildman–Crippen LogP) is 2.42. The molecule has 1 aliphatic heterocycles. The van der Waals surface area contributed by atoms with E-state index in [1.165, 1.54) is 0 Å². The van der Waals surface area contributed by atoms with Crippen LogP contribution in [0, 0.1) is 0 Å². The monoisotopic (exact) mass is 332 g/mol. The van der Waals surface area contributed by atoms with Crippen molar-refractivity contribution in [3.05, 3.63) is 27.7 Å². The van der Waals surface area contributed by atoms with E-state index >= 15 is 0 Å². The highest BCUT2D eigenvalue weighted by Crippen LogP contribution is 2.30. The summed E-state index contributed by atoms with van der Waals surface area (Å²) < 4.78 is 5.91. The van der Waals surface area contributed by atoms with Crippen molar-refractivity contribution in [2.75, 3.05) is 19.0 Å². The molecule has 4 nitrogen and oxygen atoms in total. The summed E-state index contributed by atoms with van der Waals surface area (Å²) in [6.45, 7) is 0.700. The van der Waals surface area contributed by atoms with Gasteiger partial charge in [-0.15, -0.1) is 0 Å². The predicted molar refractivity (Wildman–Crippen MR) is 75.0 cm³/mol. The lowest BCUT2D eigenvalue weighted by Gasteiger charge is -2.13. The van der Waals surface area contributed by atoms with Crippen LogP contribution in [-0.4, -0.2) is 31.7 Å². The summed E-state index contributed by atoms with van der Waals surface area (Å²) in [5.74, 6) is -0.0717. The van der Waals surface area contributed by atoms with Crippen molar-refractivity contribution < 1.29 is 9.53 Å². The quantitative estimate of drug-likeness (QED) is 0.893. The maximum Gasteiger partial charge on any atom is 0.241 e. The lowest BCUT2D eigenvalue weighted by Crippen LogP contribution is -2.35. The molecule has 98 valence electrons. The first-order valence-electron chi connectivity index (χ1n) is 5.63. The Hall–Kier alpha value is -0.620. The van der Waals surface area contributed by atoms with Crippen molar-refractivity contribution in [2.24, 2.45) is 0 Å². The van der Waals surface area contributed by atoms with E-state index < -0.39 is 0 Å². The number of rotatable bonds is 3. The van der Waals surface area contributed by atoms with E-state index in [1.807, 2.05) is 0 Å². The maximum atomic E-state index is 12.0. The molecular formula is C12H14BrClN2O2. The first-order valence-corrected chi connectivity index (χ1v) is 6.80. The summed E-state index contributed by atoms with van der Waals surface area (Å²) in [4.78, 5) is 12.0. The first kappa shape index (κ1) is 13.8. The van der Waals surface area contributed by atoms with E-state index in [4.69, 9.17) is 16.3 Å². The van der Waals surface area contributed by atoms with E-state index in [1.54, 1.807) is 25.3 Å². The fraction of sp³-hybridized carbons (Fsp3) is 0.417. The van der Waals surface area contributed by atoms with Crippen LogP contribution in [0.1, 0.15) is 6.42 Å². The lowest BCUT2D eigenvalue weighted by atomic mass is 10.2. The van der Waals surface area contributed by atoms with Gasteiger partial charge in [-0.1, -0.05) is 17.7 Å². The highest BCUT2D eigenvalue weighted by molar-refractivity contribution is 9.10. The number of nitrogens with one attached hydrogen (secondary N) is 2. The Bertz CT molecular complexity index is 456. The molecule has 1 heterocycles. The molecule has 0 spiro atoms. The Labute approximate surface area is 119 Å². The third-order valence-corrected chi connectivity index (χ3v) is 4.35. The molecule has 1 aromatic rings. The van der Waals surface area contributed by atoms with Crippen LogP contribution in [-0.2, 0) is 9.53 Å². The molecule has 0 aromatic heterocycles. The van der Waals surface area contributed by atoms with Crippen LogP contribution in [0.15, 0.2) is 22.7 Å². The second-order valence-electron chi connectivity index (χ2n) is 4.14. The molecule has 1 aromatic carbocycles. The van der Waals surface area contributed by atoms with Gasteiger partial charge in [0.25, 0.3) is 0 Å². The van der Waals surface area contributed by atoms with Gasteiger partial charge in [-0.2, -0.15) is 0 Å². The van der Waals surface area contributed by atoms with E-state index in [0.29, 0.717) is 28.1 Å². The zero-order valence-electron chi connectivity index (χ0n) is 9.87. The van der Waals surface area contributed by atoms with Crippen LogP contribution in [0.25, 0.3) is 0 Å². The number of anilines is 1. The fourth-order valence-corrected chi connectivity index (χ4v) is 2.44. The summed E-state index contributed by atoms with van der Waals surface area (Å²) in [6.07, 6.45) is 0.782. The van der Waals surface area contributed by atoms with Gasteiger partial charge in [0.2, 0.25) is 5.91 Å². The maximum absolute atomic E-state index is 12.0. The third-order valence-electron chi connectivity index (χ3n) is 2.95. The Balaban J connectivity index is 2.01. The summed E-state index contributed by atoms with van der Waals surface area (Å²) in [5.41, 5.74) is 0.676. The van der Waals surface area contributed by atoms with Crippen molar-refractivity contribution >= 4 is 39.1 Å². The van der Waals surface area contributed by atoms with Gasteiger partial charge in [0.1, 0.15) is 0 Å². The number of benzene rings is 1. The molecule has 0 radical (unpaired) electrons. The minimum Gasteiger partial charge on any atom is -0.380 e. The van der Waals surface area contributed by atoms with Crippen LogP contribution >= 0.6 is 27.5 Å². The van der Waals surface area contributed by atoms with Crippen LogP contribution in [0.3, 0.4) is 0 Å². The van der Waals surface area contributed by atoms with Crippen LogP contribution in [0.2, 0.25) is 5.02 Å². The van der Waals surface area contributed by atoms with Gasteiger partial charge in [0.05, 0.1) is 27.3 Å².